The van der Waals surface area contributed by atoms with E-state index in [1.54, 1.807) is 18.3 Å². The van der Waals surface area contributed by atoms with E-state index in [1.165, 1.54) is 0 Å². The lowest BCUT2D eigenvalue weighted by atomic mass is 10.3. The van der Waals surface area contributed by atoms with Crippen LogP contribution in [0.3, 0.4) is 0 Å². The minimum Gasteiger partial charge on any atom is -0.369 e. The van der Waals surface area contributed by atoms with Crippen LogP contribution in [0.4, 0.5) is 5.82 Å². The normalized spacial score (nSPS) is 10.3. The Labute approximate surface area is 116 Å². The molecule has 0 saturated heterocycles. The molecule has 2 aromatic heterocycles. The van der Waals surface area contributed by atoms with Crippen molar-refractivity contribution in [1.82, 2.24) is 15.0 Å². The Bertz CT molecular complexity index is 736. The highest BCUT2D eigenvalue weighted by Gasteiger charge is 2.04. The van der Waals surface area contributed by atoms with Gasteiger partial charge in [0.1, 0.15) is 17.7 Å². The second-order valence-electron chi connectivity index (χ2n) is 4.39. The summed E-state index contributed by atoms with van der Waals surface area (Å²) < 4.78 is 0. The van der Waals surface area contributed by atoms with Crippen LogP contribution in [0, 0.1) is 11.3 Å². The molecule has 3 aromatic rings. The van der Waals surface area contributed by atoms with Gasteiger partial charge in [0.2, 0.25) is 0 Å². The van der Waals surface area contributed by atoms with Crippen molar-refractivity contribution >= 4 is 16.9 Å². The van der Waals surface area contributed by atoms with Crippen LogP contribution in [0.25, 0.3) is 11.0 Å². The molecule has 98 valence electrons. The van der Waals surface area contributed by atoms with Gasteiger partial charge in [-0.2, -0.15) is 5.26 Å². The van der Waals surface area contributed by atoms with Crippen LogP contribution < -0.4 is 5.32 Å². The van der Waals surface area contributed by atoms with Gasteiger partial charge in [-0.1, -0.05) is 12.1 Å². The summed E-state index contributed by atoms with van der Waals surface area (Å²) in [5.74, 6) is 1.54. The van der Waals surface area contributed by atoms with E-state index in [4.69, 9.17) is 5.26 Å². The summed E-state index contributed by atoms with van der Waals surface area (Å²) in [4.78, 5) is 11.9. The van der Waals surface area contributed by atoms with Gasteiger partial charge in [-0.05, 0) is 24.3 Å². The van der Waals surface area contributed by atoms with E-state index in [9.17, 15) is 0 Å². The Morgan fingerprint density at radius 3 is 2.95 bits per heavy atom. The fourth-order valence-electron chi connectivity index (χ4n) is 2.06. The Balaban J connectivity index is 1.66. The lowest BCUT2D eigenvalue weighted by molar-refractivity contribution is 0.928. The molecule has 1 aromatic carbocycles. The van der Waals surface area contributed by atoms with Crippen LogP contribution in [0.2, 0.25) is 0 Å². The Morgan fingerprint density at radius 2 is 2.10 bits per heavy atom. The summed E-state index contributed by atoms with van der Waals surface area (Å²) in [6.07, 6.45) is 2.42. The molecule has 5 nitrogen and oxygen atoms in total. The quantitative estimate of drug-likeness (QED) is 0.758. The van der Waals surface area contributed by atoms with Crippen molar-refractivity contribution in [2.24, 2.45) is 0 Å². The summed E-state index contributed by atoms with van der Waals surface area (Å²) in [5, 5.41) is 12.1. The fourth-order valence-corrected chi connectivity index (χ4v) is 2.06. The first-order valence-corrected chi connectivity index (χ1v) is 6.39. The van der Waals surface area contributed by atoms with Gasteiger partial charge in [-0.3, -0.25) is 0 Å². The molecule has 0 aliphatic carbocycles. The van der Waals surface area contributed by atoms with Crippen molar-refractivity contribution in [1.29, 1.82) is 5.26 Å². The number of benzene rings is 1. The van der Waals surface area contributed by atoms with Gasteiger partial charge < -0.3 is 10.3 Å². The highest BCUT2D eigenvalue weighted by molar-refractivity contribution is 5.74. The number of hydrogen-bond acceptors (Lipinski definition) is 4. The summed E-state index contributed by atoms with van der Waals surface area (Å²) in [5.41, 5.74) is 2.56. The van der Waals surface area contributed by atoms with Gasteiger partial charge in [-0.25, -0.2) is 9.97 Å². The van der Waals surface area contributed by atoms with Crippen LogP contribution in [0.15, 0.2) is 42.6 Å². The van der Waals surface area contributed by atoms with Crippen molar-refractivity contribution < 1.29 is 0 Å². The van der Waals surface area contributed by atoms with Crippen molar-refractivity contribution in [2.45, 2.75) is 6.42 Å². The van der Waals surface area contributed by atoms with Crippen molar-refractivity contribution in [3.63, 3.8) is 0 Å². The fraction of sp³-hybridized carbons (Fsp3) is 0.133. The maximum Gasteiger partial charge on any atom is 0.143 e. The molecule has 0 fully saturated rings. The van der Waals surface area contributed by atoms with E-state index in [0.29, 0.717) is 17.9 Å². The number of nitrogens with zero attached hydrogens (tertiary/aromatic N) is 3. The van der Waals surface area contributed by atoms with Gasteiger partial charge in [0, 0.05) is 19.2 Å². The first kappa shape index (κ1) is 12.2. The average Bonchev–Trinajstić information content (AvgIpc) is 2.90. The molecule has 3 rings (SSSR count). The summed E-state index contributed by atoms with van der Waals surface area (Å²) in [6.45, 7) is 0.672. The molecular formula is C15H13N5. The molecule has 0 radical (unpaired) electrons. The Kier molecular flexibility index (Phi) is 3.29. The average molecular weight is 263 g/mol. The number of aromatic nitrogens is 3. The predicted molar refractivity (Wildman–Crippen MR) is 77.2 cm³/mol. The molecular weight excluding hydrogens is 250 g/mol. The third-order valence-electron chi connectivity index (χ3n) is 3.02. The molecule has 0 amide bonds. The molecule has 0 unspecified atom stereocenters. The standard InChI is InChI=1S/C15H13N5/c16-10-11-4-3-8-17-15(11)18-9-7-14-19-12-5-1-2-6-13(12)20-14/h1-6,8H,7,9H2,(H,17,18)(H,19,20). The molecule has 0 spiro atoms. The van der Waals surface area contributed by atoms with Crippen LogP contribution in [0.5, 0.6) is 0 Å². The van der Waals surface area contributed by atoms with Crippen LogP contribution >= 0.6 is 0 Å². The van der Waals surface area contributed by atoms with Crippen LogP contribution in [-0.4, -0.2) is 21.5 Å². The lowest BCUT2D eigenvalue weighted by Crippen LogP contribution is -2.08. The topological polar surface area (TPSA) is 77.4 Å². The zero-order chi connectivity index (χ0) is 13.8. The summed E-state index contributed by atoms with van der Waals surface area (Å²) in [6, 6.07) is 13.6. The van der Waals surface area contributed by atoms with Crippen molar-refractivity contribution in [2.75, 3.05) is 11.9 Å². The molecule has 0 bridgehead atoms. The number of fused-ring (bicyclic) bond motifs is 1. The molecule has 0 aliphatic heterocycles. The van der Waals surface area contributed by atoms with Gasteiger partial charge in [0.05, 0.1) is 16.6 Å². The number of para-hydroxylation sites is 2. The van der Waals surface area contributed by atoms with Crippen molar-refractivity contribution in [3.05, 3.63) is 54.0 Å². The highest BCUT2D eigenvalue weighted by atomic mass is 15.0. The second-order valence-corrected chi connectivity index (χ2v) is 4.39. The third-order valence-corrected chi connectivity index (χ3v) is 3.02. The third kappa shape index (κ3) is 2.45. The highest BCUT2D eigenvalue weighted by Crippen LogP contribution is 2.12. The largest absolute Gasteiger partial charge is 0.369 e. The smallest absolute Gasteiger partial charge is 0.143 e. The van der Waals surface area contributed by atoms with Gasteiger partial charge >= 0.3 is 0 Å². The number of nitrogens with one attached hydrogen (secondary N) is 2. The Morgan fingerprint density at radius 1 is 1.20 bits per heavy atom. The molecule has 5 heteroatoms. The summed E-state index contributed by atoms with van der Waals surface area (Å²) >= 11 is 0. The van der Waals surface area contributed by atoms with E-state index < -0.39 is 0 Å². The van der Waals surface area contributed by atoms with E-state index in [0.717, 1.165) is 23.3 Å². The maximum atomic E-state index is 8.98. The zero-order valence-electron chi connectivity index (χ0n) is 10.8. The molecule has 0 saturated carbocycles. The van der Waals surface area contributed by atoms with Gasteiger partial charge in [-0.15, -0.1) is 0 Å². The SMILES string of the molecule is N#Cc1cccnc1NCCc1nc2ccccc2[nH]1. The molecule has 2 N–H and O–H groups in total. The van der Waals surface area contributed by atoms with Gasteiger partial charge in [0.15, 0.2) is 0 Å². The monoisotopic (exact) mass is 263 g/mol. The van der Waals surface area contributed by atoms with E-state index in [1.807, 2.05) is 24.3 Å². The molecule has 20 heavy (non-hydrogen) atoms. The zero-order valence-corrected chi connectivity index (χ0v) is 10.8. The maximum absolute atomic E-state index is 8.98. The van der Waals surface area contributed by atoms with E-state index in [2.05, 4.69) is 26.3 Å². The first-order valence-electron chi connectivity index (χ1n) is 6.39. The van der Waals surface area contributed by atoms with E-state index in [-0.39, 0.29) is 0 Å². The number of nitriles is 1. The Hall–Kier alpha value is -2.87. The number of anilines is 1. The molecule has 0 atom stereocenters. The molecule has 0 aliphatic rings. The molecule has 2 heterocycles. The predicted octanol–water partition coefficient (Wildman–Crippen LogP) is 2.48. The van der Waals surface area contributed by atoms with Crippen LogP contribution in [-0.2, 0) is 6.42 Å². The minimum atomic E-state index is 0.553. The van der Waals surface area contributed by atoms with Gasteiger partial charge in [0.25, 0.3) is 0 Å². The van der Waals surface area contributed by atoms with E-state index >= 15 is 0 Å². The number of pyridine rings is 1. The minimum absolute atomic E-state index is 0.553. The number of aromatic amines is 1. The number of hydrogen-bond donors (Lipinski definition) is 2. The summed E-state index contributed by atoms with van der Waals surface area (Å²) in [7, 11) is 0. The number of H-pyrrole nitrogens is 1. The van der Waals surface area contributed by atoms with Crippen LogP contribution in [0.1, 0.15) is 11.4 Å². The number of imidazole rings is 1. The first-order chi connectivity index (χ1) is 9.86. The van der Waals surface area contributed by atoms with Crippen molar-refractivity contribution in [3.8, 4) is 6.07 Å². The lowest BCUT2D eigenvalue weighted by Gasteiger charge is -2.05. The number of rotatable bonds is 4. The second kappa shape index (κ2) is 5.41.